The zero-order valence-electron chi connectivity index (χ0n) is 11.2. The highest BCUT2D eigenvalue weighted by molar-refractivity contribution is 6.08. The Morgan fingerprint density at radius 3 is 2.48 bits per heavy atom. The van der Waals surface area contributed by atoms with E-state index in [2.05, 4.69) is 4.98 Å². The number of hydrogen-bond acceptors (Lipinski definition) is 2. The molecule has 0 radical (unpaired) electrons. The molecule has 0 aliphatic rings. The molecule has 0 saturated carbocycles. The molecule has 3 rings (SSSR count). The largest absolute Gasteiger partial charge is 0.360 e. The molecule has 3 nitrogen and oxygen atoms in total. The molecular formula is C18H13NO2. The Hall–Kier alpha value is -2.94. The van der Waals surface area contributed by atoms with Gasteiger partial charge in [-0.15, -0.1) is 0 Å². The summed E-state index contributed by atoms with van der Waals surface area (Å²) in [5.74, 6) is -0.300. The van der Waals surface area contributed by atoms with Crippen LogP contribution >= 0.6 is 0 Å². The van der Waals surface area contributed by atoms with Crippen molar-refractivity contribution in [1.82, 2.24) is 4.98 Å². The number of ketones is 1. The standard InChI is InChI=1S/C18H13NO2/c20-17(11-10-13-6-2-1-3-7-13)15-12-19-16-9-5-4-8-14(16)18(15)21/h1-12H,(H,19,21). The highest BCUT2D eigenvalue weighted by Crippen LogP contribution is 2.08. The van der Waals surface area contributed by atoms with Crippen molar-refractivity contribution in [2.24, 2.45) is 0 Å². The average molecular weight is 275 g/mol. The van der Waals surface area contributed by atoms with Gasteiger partial charge in [-0.3, -0.25) is 9.59 Å². The van der Waals surface area contributed by atoms with Crippen LogP contribution in [-0.4, -0.2) is 10.8 Å². The van der Waals surface area contributed by atoms with Gasteiger partial charge in [0, 0.05) is 17.1 Å². The molecule has 1 heterocycles. The molecule has 0 fully saturated rings. The Kier molecular flexibility index (Phi) is 3.48. The summed E-state index contributed by atoms with van der Waals surface area (Å²) in [6, 6.07) is 16.6. The number of nitrogens with one attached hydrogen (secondary N) is 1. The van der Waals surface area contributed by atoms with E-state index in [1.165, 1.54) is 12.3 Å². The molecule has 0 aliphatic carbocycles. The second kappa shape index (κ2) is 5.59. The minimum atomic E-state index is -0.300. The predicted molar refractivity (Wildman–Crippen MR) is 84.4 cm³/mol. The number of carbonyl (C=O) groups excluding carboxylic acids is 1. The number of benzene rings is 2. The molecule has 0 unspecified atom stereocenters. The van der Waals surface area contributed by atoms with Crippen molar-refractivity contribution in [3.05, 3.63) is 88.2 Å². The summed E-state index contributed by atoms with van der Waals surface area (Å²) in [4.78, 5) is 27.5. The van der Waals surface area contributed by atoms with Crippen molar-refractivity contribution in [3.8, 4) is 0 Å². The minimum Gasteiger partial charge on any atom is -0.360 e. The summed E-state index contributed by atoms with van der Waals surface area (Å²) >= 11 is 0. The van der Waals surface area contributed by atoms with E-state index in [0.717, 1.165) is 11.1 Å². The maximum atomic E-state index is 12.3. The molecule has 0 amide bonds. The second-order valence-electron chi connectivity index (χ2n) is 4.69. The van der Waals surface area contributed by atoms with Gasteiger partial charge < -0.3 is 4.98 Å². The first-order chi connectivity index (χ1) is 10.3. The molecule has 21 heavy (non-hydrogen) atoms. The zero-order valence-corrected chi connectivity index (χ0v) is 11.2. The predicted octanol–water partition coefficient (Wildman–Crippen LogP) is 3.42. The lowest BCUT2D eigenvalue weighted by Crippen LogP contribution is -2.14. The minimum absolute atomic E-state index is 0.154. The zero-order chi connectivity index (χ0) is 14.7. The van der Waals surface area contributed by atoms with Crippen LogP contribution in [0.3, 0.4) is 0 Å². The SMILES string of the molecule is O=C(C=Cc1ccccc1)c1c[nH]c2ccccc2c1=O. The van der Waals surface area contributed by atoms with E-state index in [1.54, 1.807) is 18.2 Å². The van der Waals surface area contributed by atoms with E-state index in [-0.39, 0.29) is 16.8 Å². The van der Waals surface area contributed by atoms with Crippen LogP contribution < -0.4 is 5.43 Å². The van der Waals surface area contributed by atoms with Gasteiger partial charge in [0.15, 0.2) is 5.78 Å². The van der Waals surface area contributed by atoms with Crippen LogP contribution in [-0.2, 0) is 0 Å². The lowest BCUT2D eigenvalue weighted by atomic mass is 10.1. The number of H-pyrrole nitrogens is 1. The highest BCUT2D eigenvalue weighted by atomic mass is 16.1. The molecule has 3 aromatic rings. The fourth-order valence-corrected chi connectivity index (χ4v) is 2.18. The van der Waals surface area contributed by atoms with Crippen molar-refractivity contribution in [2.45, 2.75) is 0 Å². The first-order valence-corrected chi connectivity index (χ1v) is 6.63. The Morgan fingerprint density at radius 2 is 1.67 bits per heavy atom. The van der Waals surface area contributed by atoms with Crippen LogP contribution in [0, 0.1) is 0 Å². The van der Waals surface area contributed by atoms with E-state index in [1.807, 2.05) is 42.5 Å². The van der Waals surface area contributed by atoms with Crippen LogP contribution in [0.15, 0.2) is 71.7 Å². The van der Waals surface area contributed by atoms with Crippen molar-refractivity contribution < 1.29 is 4.79 Å². The fourth-order valence-electron chi connectivity index (χ4n) is 2.18. The third kappa shape index (κ3) is 2.67. The van der Waals surface area contributed by atoms with E-state index in [0.29, 0.717) is 5.39 Å². The van der Waals surface area contributed by atoms with Gasteiger partial charge in [0.25, 0.3) is 0 Å². The van der Waals surface area contributed by atoms with Crippen LogP contribution in [0.5, 0.6) is 0 Å². The van der Waals surface area contributed by atoms with Gasteiger partial charge in [0.2, 0.25) is 5.43 Å². The Bertz CT molecular complexity index is 876. The van der Waals surface area contributed by atoms with Crippen molar-refractivity contribution in [1.29, 1.82) is 0 Å². The van der Waals surface area contributed by atoms with Crippen LogP contribution in [0.1, 0.15) is 15.9 Å². The van der Waals surface area contributed by atoms with Crippen LogP contribution in [0.2, 0.25) is 0 Å². The average Bonchev–Trinajstić information content (AvgIpc) is 2.54. The topological polar surface area (TPSA) is 49.9 Å². The molecule has 2 aromatic carbocycles. The number of allylic oxidation sites excluding steroid dienone is 1. The Morgan fingerprint density at radius 1 is 0.952 bits per heavy atom. The van der Waals surface area contributed by atoms with E-state index >= 15 is 0 Å². The molecule has 0 atom stereocenters. The number of fused-ring (bicyclic) bond motifs is 1. The maximum Gasteiger partial charge on any atom is 0.200 e. The molecule has 0 saturated heterocycles. The Labute approximate surface area is 121 Å². The van der Waals surface area contributed by atoms with Gasteiger partial charge in [0.05, 0.1) is 5.56 Å². The third-order valence-corrected chi connectivity index (χ3v) is 3.28. The highest BCUT2D eigenvalue weighted by Gasteiger charge is 2.09. The quantitative estimate of drug-likeness (QED) is 0.588. The summed E-state index contributed by atoms with van der Waals surface area (Å²) in [6.45, 7) is 0. The molecule has 0 aliphatic heterocycles. The van der Waals surface area contributed by atoms with Gasteiger partial charge in [-0.1, -0.05) is 48.5 Å². The number of rotatable bonds is 3. The number of aromatic nitrogens is 1. The number of carbonyl (C=O) groups is 1. The molecule has 1 N–H and O–H groups in total. The van der Waals surface area contributed by atoms with Crippen molar-refractivity contribution >= 4 is 22.8 Å². The lowest BCUT2D eigenvalue weighted by Gasteiger charge is -2.00. The number of pyridine rings is 1. The van der Waals surface area contributed by atoms with Gasteiger partial charge >= 0.3 is 0 Å². The maximum absolute atomic E-state index is 12.3. The molecule has 0 spiro atoms. The molecular weight excluding hydrogens is 262 g/mol. The van der Waals surface area contributed by atoms with Crippen molar-refractivity contribution in [2.75, 3.05) is 0 Å². The summed E-state index contributed by atoms with van der Waals surface area (Å²) in [5.41, 5.74) is 1.56. The van der Waals surface area contributed by atoms with Crippen molar-refractivity contribution in [3.63, 3.8) is 0 Å². The summed E-state index contributed by atoms with van der Waals surface area (Å²) < 4.78 is 0. The lowest BCUT2D eigenvalue weighted by molar-refractivity contribution is 0.104. The first-order valence-electron chi connectivity index (χ1n) is 6.63. The van der Waals surface area contributed by atoms with Gasteiger partial charge in [-0.05, 0) is 23.8 Å². The molecule has 3 heteroatoms. The first kappa shape index (κ1) is 13.1. The second-order valence-corrected chi connectivity index (χ2v) is 4.69. The van der Waals surface area contributed by atoms with Crippen LogP contribution in [0.25, 0.3) is 17.0 Å². The summed E-state index contributed by atoms with van der Waals surface area (Å²) in [5, 5.41) is 0.525. The number of aromatic amines is 1. The molecule has 1 aromatic heterocycles. The number of para-hydroxylation sites is 1. The van der Waals surface area contributed by atoms with E-state index in [9.17, 15) is 9.59 Å². The fraction of sp³-hybridized carbons (Fsp3) is 0. The number of hydrogen-bond donors (Lipinski definition) is 1. The van der Waals surface area contributed by atoms with E-state index < -0.39 is 0 Å². The smallest absolute Gasteiger partial charge is 0.200 e. The molecule has 102 valence electrons. The summed E-state index contributed by atoms with van der Waals surface area (Å²) in [6.07, 6.45) is 4.61. The normalized spacial score (nSPS) is 11.0. The molecule has 0 bridgehead atoms. The van der Waals surface area contributed by atoms with Gasteiger partial charge in [-0.2, -0.15) is 0 Å². The Balaban J connectivity index is 1.97. The third-order valence-electron chi connectivity index (χ3n) is 3.28. The van der Waals surface area contributed by atoms with Crippen LogP contribution in [0.4, 0.5) is 0 Å². The van der Waals surface area contributed by atoms with Gasteiger partial charge in [-0.25, -0.2) is 0 Å². The monoisotopic (exact) mass is 275 g/mol. The van der Waals surface area contributed by atoms with Gasteiger partial charge in [0.1, 0.15) is 0 Å². The van der Waals surface area contributed by atoms with E-state index in [4.69, 9.17) is 0 Å². The summed E-state index contributed by atoms with van der Waals surface area (Å²) in [7, 11) is 0.